The van der Waals surface area contributed by atoms with Crippen LogP contribution in [0.5, 0.6) is 5.75 Å². The van der Waals surface area contributed by atoms with Crippen molar-refractivity contribution < 1.29 is 13.9 Å². The topological polar surface area (TPSA) is 32.8 Å². The summed E-state index contributed by atoms with van der Waals surface area (Å²) in [6, 6.07) is 13.5. The van der Waals surface area contributed by atoms with Gasteiger partial charge < -0.3 is 14.5 Å². The second kappa shape index (κ2) is 9.20. The molecule has 0 aromatic heterocycles. The van der Waals surface area contributed by atoms with E-state index in [1.54, 1.807) is 43.5 Å². The fourth-order valence-corrected chi connectivity index (χ4v) is 3.84. The van der Waals surface area contributed by atoms with Crippen molar-refractivity contribution in [2.45, 2.75) is 32.7 Å². The summed E-state index contributed by atoms with van der Waals surface area (Å²) < 4.78 is 18.6. The molecular weight excluding hydrogens is 355 g/mol. The van der Waals surface area contributed by atoms with Crippen molar-refractivity contribution >= 4 is 11.6 Å². The number of halogens is 1. The summed E-state index contributed by atoms with van der Waals surface area (Å²) in [5.41, 5.74) is 1.35. The van der Waals surface area contributed by atoms with Crippen molar-refractivity contribution in [2.75, 3.05) is 31.6 Å². The summed E-state index contributed by atoms with van der Waals surface area (Å²) in [7, 11) is 1.60. The van der Waals surface area contributed by atoms with Crippen molar-refractivity contribution in [1.82, 2.24) is 4.90 Å². The van der Waals surface area contributed by atoms with Crippen LogP contribution in [0.2, 0.25) is 0 Å². The molecule has 1 saturated heterocycles. The number of ether oxygens (including phenoxy) is 1. The number of rotatable bonds is 6. The van der Waals surface area contributed by atoms with Gasteiger partial charge in [-0.1, -0.05) is 13.8 Å². The Morgan fingerprint density at radius 2 is 1.71 bits per heavy atom. The third-order valence-electron chi connectivity index (χ3n) is 5.21. The molecule has 2 aromatic rings. The number of hydrogen-bond acceptors (Lipinski definition) is 3. The van der Waals surface area contributed by atoms with E-state index >= 15 is 0 Å². The molecule has 0 unspecified atom stereocenters. The van der Waals surface area contributed by atoms with E-state index < -0.39 is 0 Å². The number of anilines is 1. The quantitative estimate of drug-likeness (QED) is 0.730. The largest absolute Gasteiger partial charge is 0.497 e. The average Bonchev–Trinajstić information content (AvgIpc) is 2.70. The minimum Gasteiger partial charge on any atom is -0.497 e. The summed E-state index contributed by atoms with van der Waals surface area (Å²) in [4.78, 5) is 17.7. The van der Waals surface area contributed by atoms with Crippen molar-refractivity contribution in [3.63, 3.8) is 0 Å². The summed E-state index contributed by atoms with van der Waals surface area (Å²) >= 11 is 0. The Labute approximate surface area is 166 Å². The van der Waals surface area contributed by atoms with Crippen molar-refractivity contribution in [3.05, 3.63) is 59.9 Å². The molecule has 28 heavy (non-hydrogen) atoms. The van der Waals surface area contributed by atoms with Gasteiger partial charge in [0.25, 0.3) is 5.91 Å². The second-order valence-corrected chi connectivity index (χ2v) is 7.81. The lowest BCUT2D eigenvalue weighted by molar-refractivity contribution is 0.0957. The summed E-state index contributed by atoms with van der Waals surface area (Å²) in [5.74, 6) is 0.987. The predicted octanol–water partition coefficient (Wildman–Crippen LogP) is 4.60. The van der Waals surface area contributed by atoms with Gasteiger partial charge in [0, 0.05) is 36.9 Å². The van der Waals surface area contributed by atoms with Crippen LogP contribution in [-0.4, -0.2) is 43.6 Å². The lowest BCUT2D eigenvalue weighted by atomic mass is 9.99. The van der Waals surface area contributed by atoms with E-state index in [-0.39, 0.29) is 17.8 Å². The predicted molar refractivity (Wildman–Crippen MR) is 111 cm³/mol. The lowest BCUT2D eigenvalue weighted by Crippen LogP contribution is -2.48. The van der Waals surface area contributed by atoms with E-state index in [0.717, 1.165) is 38.2 Å². The van der Waals surface area contributed by atoms with E-state index in [4.69, 9.17) is 4.74 Å². The van der Waals surface area contributed by atoms with E-state index in [2.05, 4.69) is 18.7 Å². The Kier molecular flexibility index (Phi) is 6.68. The molecule has 1 amide bonds. The van der Waals surface area contributed by atoms with Crippen LogP contribution in [0.15, 0.2) is 48.5 Å². The van der Waals surface area contributed by atoms with Gasteiger partial charge in [-0.15, -0.1) is 0 Å². The van der Waals surface area contributed by atoms with Gasteiger partial charge in [0.15, 0.2) is 0 Å². The molecule has 0 radical (unpaired) electrons. The molecule has 0 N–H and O–H groups in total. The molecule has 3 rings (SSSR count). The van der Waals surface area contributed by atoms with Crippen molar-refractivity contribution in [3.8, 4) is 5.75 Å². The van der Waals surface area contributed by atoms with E-state index in [9.17, 15) is 9.18 Å². The van der Waals surface area contributed by atoms with Crippen LogP contribution in [0.1, 0.15) is 37.0 Å². The fraction of sp³-hybridized carbons (Fsp3) is 0.435. The molecule has 2 aromatic carbocycles. The van der Waals surface area contributed by atoms with Crippen LogP contribution in [-0.2, 0) is 0 Å². The Hall–Kier alpha value is -2.40. The van der Waals surface area contributed by atoms with Gasteiger partial charge in [-0.25, -0.2) is 4.39 Å². The highest BCUT2D eigenvalue weighted by Gasteiger charge is 2.30. The Balaban J connectivity index is 1.83. The Bertz CT molecular complexity index is 766. The second-order valence-electron chi connectivity index (χ2n) is 7.81. The molecule has 1 aliphatic heterocycles. The lowest BCUT2D eigenvalue weighted by Gasteiger charge is -2.39. The van der Waals surface area contributed by atoms with Gasteiger partial charge in [-0.05, 0) is 67.3 Å². The van der Waals surface area contributed by atoms with Gasteiger partial charge >= 0.3 is 0 Å². The first-order chi connectivity index (χ1) is 13.5. The third kappa shape index (κ3) is 4.90. The number of benzene rings is 2. The number of methoxy groups -OCH3 is 1. The van der Waals surface area contributed by atoms with Gasteiger partial charge in [0.1, 0.15) is 11.6 Å². The molecule has 150 valence electrons. The molecule has 1 fully saturated rings. The molecule has 0 atom stereocenters. The van der Waals surface area contributed by atoms with E-state index in [1.165, 1.54) is 12.1 Å². The molecule has 1 heterocycles. The van der Waals surface area contributed by atoms with Crippen LogP contribution in [0, 0.1) is 11.7 Å². The zero-order valence-corrected chi connectivity index (χ0v) is 16.9. The molecule has 0 saturated carbocycles. The van der Waals surface area contributed by atoms with Crippen LogP contribution in [0.4, 0.5) is 10.1 Å². The Morgan fingerprint density at radius 1 is 1.11 bits per heavy atom. The van der Waals surface area contributed by atoms with Gasteiger partial charge in [0.2, 0.25) is 0 Å². The van der Waals surface area contributed by atoms with Crippen LogP contribution < -0.4 is 9.64 Å². The van der Waals surface area contributed by atoms with E-state index in [1.807, 2.05) is 4.90 Å². The highest BCUT2D eigenvalue weighted by molar-refractivity contribution is 6.06. The molecule has 0 bridgehead atoms. The smallest absolute Gasteiger partial charge is 0.258 e. The normalized spacial score (nSPS) is 15.6. The van der Waals surface area contributed by atoms with Crippen molar-refractivity contribution in [1.29, 1.82) is 0 Å². The maximum atomic E-state index is 13.4. The molecular formula is C23H29FN2O2. The number of nitrogens with zero attached hydrogens (tertiary/aromatic N) is 2. The monoisotopic (exact) mass is 384 g/mol. The molecule has 0 aliphatic carbocycles. The standard InChI is InChI=1S/C23H29FN2O2/c1-17(2)16-25-14-12-21(13-15-25)26(20-8-6-19(24)7-9-20)23(27)18-4-10-22(28-3)11-5-18/h4-11,17,21H,12-16H2,1-3H3. The van der Waals surface area contributed by atoms with Gasteiger partial charge in [-0.3, -0.25) is 4.79 Å². The minimum atomic E-state index is -0.299. The summed E-state index contributed by atoms with van der Waals surface area (Å²) in [6.07, 6.45) is 1.82. The molecule has 4 nitrogen and oxygen atoms in total. The first kappa shape index (κ1) is 20.3. The molecule has 0 spiro atoms. The fourth-order valence-electron chi connectivity index (χ4n) is 3.84. The average molecular weight is 384 g/mol. The number of amides is 1. The van der Waals surface area contributed by atoms with Crippen LogP contribution in [0.25, 0.3) is 0 Å². The zero-order chi connectivity index (χ0) is 20.1. The number of hydrogen-bond donors (Lipinski definition) is 0. The highest BCUT2D eigenvalue weighted by Crippen LogP contribution is 2.27. The zero-order valence-electron chi connectivity index (χ0n) is 16.9. The number of carbonyl (C=O) groups is 1. The van der Waals surface area contributed by atoms with Gasteiger partial charge in [0.05, 0.1) is 7.11 Å². The minimum absolute atomic E-state index is 0.0587. The summed E-state index contributed by atoms with van der Waals surface area (Å²) in [6.45, 7) is 7.47. The maximum absolute atomic E-state index is 13.4. The number of piperidine rings is 1. The first-order valence-corrected chi connectivity index (χ1v) is 9.93. The summed E-state index contributed by atoms with van der Waals surface area (Å²) in [5, 5.41) is 0. The molecule has 1 aliphatic rings. The van der Waals surface area contributed by atoms with Crippen LogP contribution >= 0.6 is 0 Å². The number of likely N-dealkylation sites (tertiary alicyclic amines) is 1. The number of carbonyl (C=O) groups excluding carboxylic acids is 1. The Morgan fingerprint density at radius 3 is 2.25 bits per heavy atom. The maximum Gasteiger partial charge on any atom is 0.258 e. The van der Waals surface area contributed by atoms with Crippen LogP contribution in [0.3, 0.4) is 0 Å². The SMILES string of the molecule is COc1ccc(C(=O)N(c2ccc(F)cc2)C2CCN(CC(C)C)CC2)cc1. The van der Waals surface area contributed by atoms with Crippen molar-refractivity contribution in [2.24, 2.45) is 5.92 Å². The first-order valence-electron chi connectivity index (χ1n) is 9.93. The highest BCUT2D eigenvalue weighted by atomic mass is 19.1. The van der Waals surface area contributed by atoms with E-state index in [0.29, 0.717) is 17.2 Å². The third-order valence-corrected chi connectivity index (χ3v) is 5.21. The molecule has 5 heteroatoms. The van der Waals surface area contributed by atoms with Gasteiger partial charge in [-0.2, -0.15) is 0 Å².